The maximum atomic E-state index is 12.2. The van der Waals surface area contributed by atoms with Crippen LogP contribution < -0.4 is 11.5 Å². The molecule has 2 aromatic carbocycles. The van der Waals surface area contributed by atoms with Crippen LogP contribution >= 0.6 is 0 Å². The van der Waals surface area contributed by atoms with Gasteiger partial charge >= 0.3 is 0 Å². The molecule has 0 aliphatic rings. The van der Waals surface area contributed by atoms with Crippen LogP contribution in [-0.2, 0) is 6.42 Å². The van der Waals surface area contributed by atoms with Gasteiger partial charge in [-0.25, -0.2) is 0 Å². The number of carbonyl (C=O) groups excluding carboxylic acids is 2. The van der Waals surface area contributed by atoms with Crippen molar-refractivity contribution >= 4 is 17.4 Å². The van der Waals surface area contributed by atoms with E-state index in [-0.39, 0.29) is 46.9 Å². The zero-order chi connectivity index (χ0) is 16.3. The van der Waals surface area contributed by atoms with E-state index in [0.717, 1.165) is 0 Å². The van der Waals surface area contributed by atoms with Gasteiger partial charge in [0.2, 0.25) is 5.91 Å². The molecule has 1 amide bonds. The van der Waals surface area contributed by atoms with Crippen molar-refractivity contribution in [2.75, 3.05) is 5.73 Å². The Kier molecular flexibility index (Phi) is 4.31. The zero-order valence-electron chi connectivity index (χ0n) is 11.7. The maximum Gasteiger partial charge on any atom is 0.248 e. The van der Waals surface area contributed by atoms with Gasteiger partial charge in [0.1, 0.15) is 11.5 Å². The molecule has 6 N–H and O–H groups in total. The van der Waals surface area contributed by atoms with E-state index < -0.39 is 5.91 Å². The quantitative estimate of drug-likeness (QED) is 0.379. The highest BCUT2D eigenvalue weighted by Gasteiger charge is 2.15. The fourth-order valence-electron chi connectivity index (χ4n) is 2.21. The molecule has 0 bridgehead atoms. The minimum atomic E-state index is -0.626. The standard InChI is InChI=1S/C16H16N2O4/c17-15-12(2-1-3-14(15)21)13(20)7-4-9-8-10(19)5-6-11(9)16(18)22/h1-3,5-6,8,19,21H,4,7,17H2,(H2,18,22). The first kappa shape index (κ1) is 15.4. The monoisotopic (exact) mass is 300 g/mol. The topological polar surface area (TPSA) is 127 Å². The summed E-state index contributed by atoms with van der Waals surface area (Å²) in [6.07, 6.45) is 0.290. The number of anilines is 1. The van der Waals surface area contributed by atoms with Crippen molar-refractivity contribution < 1.29 is 19.8 Å². The summed E-state index contributed by atoms with van der Waals surface area (Å²) in [6, 6.07) is 8.63. The third kappa shape index (κ3) is 3.17. The number of aromatic hydroxyl groups is 2. The number of hydrogen-bond acceptors (Lipinski definition) is 5. The van der Waals surface area contributed by atoms with Crippen LogP contribution in [0.15, 0.2) is 36.4 Å². The van der Waals surface area contributed by atoms with Crippen molar-refractivity contribution in [2.24, 2.45) is 5.73 Å². The van der Waals surface area contributed by atoms with Gasteiger partial charge in [-0.05, 0) is 42.3 Å². The van der Waals surface area contributed by atoms with E-state index in [1.165, 1.54) is 36.4 Å². The lowest BCUT2D eigenvalue weighted by Crippen LogP contribution is -2.14. The molecule has 0 spiro atoms. The number of primary amides is 1. The number of phenolic OH excluding ortho intramolecular Hbond substituents is 2. The van der Waals surface area contributed by atoms with E-state index >= 15 is 0 Å². The maximum absolute atomic E-state index is 12.2. The van der Waals surface area contributed by atoms with Crippen molar-refractivity contribution in [3.8, 4) is 11.5 Å². The number of nitrogens with two attached hydrogens (primary N) is 2. The summed E-state index contributed by atoms with van der Waals surface area (Å²) in [7, 11) is 0. The lowest BCUT2D eigenvalue weighted by Gasteiger charge is -2.09. The van der Waals surface area contributed by atoms with Gasteiger partial charge in [-0.15, -0.1) is 0 Å². The molecular weight excluding hydrogens is 284 g/mol. The number of amides is 1. The highest BCUT2D eigenvalue weighted by molar-refractivity contribution is 6.02. The third-order valence-corrected chi connectivity index (χ3v) is 3.36. The second kappa shape index (κ2) is 6.17. The number of hydrogen-bond donors (Lipinski definition) is 4. The summed E-state index contributed by atoms with van der Waals surface area (Å²) in [4.78, 5) is 23.5. The Hall–Kier alpha value is -3.02. The van der Waals surface area contributed by atoms with Crippen LogP contribution in [0.2, 0.25) is 0 Å². The molecule has 0 atom stereocenters. The van der Waals surface area contributed by atoms with Crippen LogP contribution in [0.25, 0.3) is 0 Å². The SMILES string of the molecule is NC(=O)c1ccc(O)cc1CCC(=O)c1cccc(O)c1N. The molecule has 0 aliphatic carbocycles. The Bertz CT molecular complexity index is 741. The Morgan fingerprint density at radius 3 is 2.45 bits per heavy atom. The second-order valence-electron chi connectivity index (χ2n) is 4.87. The molecule has 0 aromatic heterocycles. The Labute approximate surface area is 127 Å². The Balaban J connectivity index is 2.20. The van der Waals surface area contributed by atoms with Crippen LogP contribution in [0, 0.1) is 0 Å². The number of ketones is 1. The molecule has 0 heterocycles. The van der Waals surface area contributed by atoms with Gasteiger partial charge in [0.05, 0.1) is 5.69 Å². The molecule has 0 unspecified atom stereocenters. The first-order valence-corrected chi connectivity index (χ1v) is 6.62. The van der Waals surface area contributed by atoms with E-state index in [4.69, 9.17) is 11.5 Å². The molecule has 0 aliphatic heterocycles. The van der Waals surface area contributed by atoms with Crippen molar-refractivity contribution in [1.82, 2.24) is 0 Å². The first-order chi connectivity index (χ1) is 10.4. The summed E-state index contributed by atoms with van der Waals surface area (Å²) >= 11 is 0. The molecule has 2 aromatic rings. The van der Waals surface area contributed by atoms with Crippen LogP contribution in [0.3, 0.4) is 0 Å². The van der Waals surface area contributed by atoms with Crippen molar-refractivity contribution in [3.63, 3.8) is 0 Å². The number of Topliss-reactive ketones (excluding diaryl/α,β-unsaturated/α-hetero) is 1. The Morgan fingerprint density at radius 2 is 1.77 bits per heavy atom. The van der Waals surface area contributed by atoms with Gasteiger partial charge in [0.25, 0.3) is 0 Å². The summed E-state index contributed by atoms with van der Waals surface area (Å²) < 4.78 is 0. The van der Waals surface area contributed by atoms with Crippen LogP contribution in [-0.4, -0.2) is 21.9 Å². The summed E-state index contributed by atoms with van der Waals surface area (Å²) in [5.74, 6) is -1.06. The first-order valence-electron chi connectivity index (χ1n) is 6.62. The van der Waals surface area contributed by atoms with E-state index in [2.05, 4.69) is 0 Å². The molecule has 0 fully saturated rings. The number of aryl methyl sites for hydroxylation is 1. The van der Waals surface area contributed by atoms with E-state index in [1.54, 1.807) is 0 Å². The molecule has 2 rings (SSSR count). The number of rotatable bonds is 5. The van der Waals surface area contributed by atoms with Crippen molar-refractivity contribution in [1.29, 1.82) is 0 Å². The van der Waals surface area contributed by atoms with Gasteiger partial charge in [-0.2, -0.15) is 0 Å². The largest absolute Gasteiger partial charge is 0.508 e. The van der Waals surface area contributed by atoms with Gasteiger partial charge in [0.15, 0.2) is 5.78 Å². The average Bonchev–Trinajstić information content (AvgIpc) is 2.47. The number of para-hydroxylation sites is 1. The van der Waals surface area contributed by atoms with Crippen LogP contribution in [0.4, 0.5) is 5.69 Å². The lowest BCUT2D eigenvalue weighted by molar-refractivity contribution is 0.0974. The van der Waals surface area contributed by atoms with E-state index in [0.29, 0.717) is 5.56 Å². The Morgan fingerprint density at radius 1 is 1.05 bits per heavy atom. The summed E-state index contributed by atoms with van der Waals surface area (Å²) in [6.45, 7) is 0. The smallest absolute Gasteiger partial charge is 0.248 e. The molecule has 6 nitrogen and oxygen atoms in total. The fraction of sp³-hybridized carbons (Fsp3) is 0.125. The van der Waals surface area contributed by atoms with E-state index in [1.807, 2.05) is 0 Å². The van der Waals surface area contributed by atoms with Gasteiger partial charge < -0.3 is 21.7 Å². The highest BCUT2D eigenvalue weighted by Crippen LogP contribution is 2.25. The minimum absolute atomic E-state index is 0.00989. The van der Waals surface area contributed by atoms with Crippen LogP contribution in [0.5, 0.6) is 11.5 Å². The summed E-state index contributed by atoms with van der Waals surface area (Å²) in [5.41, 5.74) is 11.9. The predicted octanol–water partition coefficient (Wildman–Crippen LogP) is 1.59. The molecule has 22 heavy (non-hydrogen) atoms. The second-order valence-corrected chi connectivity index (χ2v) is 4.87. The number of carbonyl (C=O) groups is 2. The van der Waals surface area contributed by atoms with Gasteiger partial charge in [-0.1, -0.05) is 6.07 Å². The van der Waals surface area contributed by atoms with Gasteiger partial charge in [0, 0.05) is 17.5 Å². The molecule has 6 heteroatoms. The predicted molar refractivity (Wildman–Crippen MR) is 81.8 cm³/mol. The molecule has 0 saturated carbocycles. The number of nitrogen functional groups attached to an aromatic ring is 1. The lowest BCUT2D eigenvalue weighted by atomic mass is 9.97. The van der Waals surface area contributed by atoms with Crippen molar-refractivity contribution in [2.45, 2.75) is 12.8 Å². The number of phenols is 2. The molecule has 114 valence electrons. The van der Waals surface area contributed by atoms with Crippen LogP contribution in [0.1, 0.15) is 32.7 Å². The zero-order valence-corrected chi connectivity index (χ0v) is 11.7. The fourth-order valence-corrected chi connectivity index (χ4v) is 2.21. The molecule has 0 saturated heterocycles. The number of benzene rings is 2. The third-order valence-electron chi connectivity index (χ3n) is 3.36. The van der Waals surface area contributed by atoms with Gasteiger partial charge in [-0.3, -0.25) is 9.59 Å². The molecule has 0 radical (unpaired) electrons. The highest BCUT2D eigenvalue weighted by atomic mass is 16.3. The van der Waals surface area contributed by atoms with Crippen molar-refractivity contribution in [3.05, 3.63) is 53.1 Å². The summed E-state index contributed by atoms with van der Waals surface area (Å²) in [5, 5.41) is 19.0. The normalized spacial score (nSPS) is 10.4. The average molecular weight is 300 g/mol. The molecular formula is C16H16N2O4. The minimum Gasteiger partial charge on any atom is -0.508 e. The van der Waals surface area contributed by atoms with E-state index in [9.17, 15) is 19.8 Å².